The van der Waals surface area contributed by atoms with Gasteiger partial charge in [0.2, 0.25) is 0 Å². The zero-order valence-electron chi connectivity index (χ0n) is 13.1. The summed E-state index contributed by atoms with van der Waals surface area (Å²) < 4.78 is 5.10. The smallest absolute Gasteiger partial charge is 0.339 e. The zero-order valence-corrected chi connectivity index (χ0v) is 13.9. The summed E-state index contributed by atoms with van der Waals surface area (Å²) in [5.41, 5.74) is 3.01. The summed E-state index contributed by atoms with van der Waals surface area (Å²) in [6, 6.07) is 3.64. The van der Waals surface area contributed by atoms with E-state index in [-0.39, 0.29) is 11.9 Å². The van der Waals surface area contributed by atoms with Crippen LogP contribution < -0.4 is 0 Å². The molecule has 0 saturated heterocycles. The van der Waals surface area contributed by atoms with Crippen molar-refractivity contribution in [3.8, 4) is 11.4 Å². The molecule has 2 heterocycles. The third kappa shape index (κ3) is 3.29. The molecule has 0 aliphatic carbocycles. The van der Waals surface area contributed by atoms with Gasteiger partial charge in [0, 0.05) is 4.88 Å². The fourth-order valence-corrected chi connectivity index (χ4v) is 3.02. The molecule has 5 heteroatoms. The Morgan fingerprint density at radius 3 is 2.52 bits per heavy atom. The minimum absolute atomic E-state index is 0.143. The van der Waals surface area contributed by atoms with Crippen LogP contribution in [0.3, 0.4) is 0 Å². The van der Waals surface area contributed by atoms with Crippen LogP contribution in [-0.4, -0.2) is 22.5 Å². The molecule has 0 saturated carbocycles. The predicted molar refractivity (Wildman–Crippen MR) is 84.9 cm³/mol. The van der Waals surface area contributed by atoms with Crippen molar-refractivity contribution in [3.05, 3.63) is 33.3 Å². The lowest BCUT2D eigenvalue weighted by molar-refractivity contribution is 0.0524. The Labute approximate surface area is 129 Å². The van der Waals surface area contributed by atoms with Gasteiger partial charge in [-0.1, -0.05) is 13.8 Å². The summed E-state index contributed by atoms with van der Waals surface area (Å²) in [7, 11) is 0. The molecule has 0 radical (unpaired) electrons. The summed E-state index contributed by atoms with van der Waals surface area (Å²) in [5, 5.41) is 1.02. The Balaban J connectivity index is 2.50. The van der Waals surface area contributed by atoms with Crippen LogP contribution in [0.2, 0.25) is 0 Å². The van der Waals surface area contributed by atoms with Crippen LogP contribution >= 0.6 is 11.3 Å². The molecule has 4 nitrogen and oxygen atoms in total. The van der Waals surface area contributed by atoms with Gasteiger partial charge in [-0.25, -0.2) is 14.8 Å². The number of hydrogen-bond acceptors (Lipinski definition) is 5. The van der Waals surface area contributed by atoms with E-state index in [1.807, 2.05) is 33.8 Å². The molecule has 0 bridgehead atoms. The largest absolute Gasteiger partial charge is 0.462 e. The van der Waals surface area contributed by atoms with Crippen molar-refractivity contribution in [1.29, 1.82) is 0 Å². The predicted octanol–water partition coefficient (Wildman–Crippen LogP) is 4.12. The lowest BCUT2D eigenvalue weighted by Gasteiger charge is -2.12. The van der Waals surface area contributed by atoms with E-state index in [4.69, 9.17) is 4.74 Å². The van der Waals surface area contributed by atoms with Crippen molar-refractivity contribution in [2.75, 3.05) is 6.61 Å². The number of pyridine rings is 1. The molecule has 0 spiro atoms. The lowest BCUT2D eigenvalue weighted by atomic mass is 10.0. The Bertz CT molecular complexity index is 662. The van der Waals surface area contributed by atoms with Gasteiger partial charge < -0.3 is 4.74 Å². The first-order chi connectivity index (χ1) is 9.93. The van der Waals surface area contributed by atoms with E-state index in [9.17, 15) is 4.79 Å². The highest BCUT2D eigenvalue weighted by atomic mass is 32.1. The molecule has 0 N–H and O–H groups in total. The molecule has 0 fully saturated rings. The van der Waals surface area contributed by atoms with Crippen molar-refractivity contribution in [3.63, 3.8) is 0 Å². The second-order valence-electron chi connectivity index (χ2n) is 5.14. The number of ether oxygens (including phenoxy) is 1. The van der Waals surface area contributed by atoms with Crippen molar-refractivity contribution >= 4 is 17.3 Å². The second-order valence-corrected chi connectivity index (χ2v) is 6.55. The Morgan fingerprint density at radius 1 is 1.29 bits per heavy atom. The van der Waals surface area contributed by atoms with Crippen LogP contribution in [-0.2, 0) is 4.74 Å². The fourth-order valence-electron chi connectivity index (χ4n) is 2.19. The topological polar surface area (TPSA) is 52.1 Å². The van der Waals surface area contributed by atoms with Gasteiger partial charge in [-0.15, -0.1) is 11.3 Å². The number of hydrogen-bond donors (Lipinski definition) is 0. The normalized spacial score (nSPS) is 11.0. The number of thiazole rings is 1. The number of aryl methyl sites for hydroxylation is 2. The Kier molecular flexibility index (Phi) is 4.73. The average molecular weight is 304 g/mol. The third-order valence-electron chi connectivity index (χ3n) is 3.11. The van der Waals surface area contributed by atoms with Crippen LogP contribution in [0, 0.1) is 13.8 Å². The number of esters is 1. The van der Waals surface area contributed by atoms with E-state index >= 15 is 0 Å². The van der Waals surface area contributed by atoms with E-state index in [2.05, 4.69) is 9.97 Å². The SMILES string of the molecule is CCOC(=O)c1ccc(-c2nc(C)sc2C)nc1C(C)C. The van der Waals surface area contributed by atoms with Crippen LogP contribution in [0.4, 0.5) is 0 Å². The molecule has 0 amide bonds. The standard InChI is InChI=1S/C16H20N2O2S/c1-6-20-16(19)12-7-8-13(18-14(12)9(2)3)15-10(4)21-11(5)17-15/h7-9H,6H2,1-5H3. The number of carbonyl (C=O) groups is 1. The lowest BCUT2D eigenvalue weighted by Crippen LogP contribution is -2.11. The molecular formula is C16H20N2O2S. The highest BCUT2D eigenvalue weighted by Crippen LogP contribution is 2.28. The van der Waals surface area contributed by atoms with E-state index < -0.39 is 0 Å². The van der Waals surface area contributed by atoms with Gasteiger partial charge in [-0.2, -0.15) is 0 Å². The first kappa shape index (κ1) is 15.6. The molecule has 2 rings (SSSR count). The summed E-state index contributed by atoms with van der Waals surface area (Å²) >= 11 is 1.65. The fraction of sp³-hybridized carbons (Fsp3) is 0.438. The van der Waals surface area contributed by atoms with Crippen LogP contribution in [0.15, 0.2) is 12.1 Å². The first-order valence-electron chi connectivity index (χ1n) is 7.06. The first-order valence-corrected chi connectivity index (χ1v) is 7.88. The average Bonchev–Trinajstić information content (AvgIpc) is 2.77. The minimum atomic E-state index is -0.313. The maximum atomic E-state index is 12.0. The number of rotatable bonds is 4. The summed E-state index contributed by atoms with van der Waals surface area (Å²) in [4.78, 5) is 22.3. The van der Waals surface area contributed by atoms with Crippen molar-refractivity contribution < 1.29 is 9.53 Å². The van der Waals surface area contributed by atoms with Gasteiger partial charge in [0.15, 0.2) is 0 Å². The summed E-state index contributed by atoms with van der Waals surface area (Å²) in [6.45, 7) is 10.2. The van der Waals surface area contributed by atoms with Crippen LogP contribution in [0.25, 0.3) is 11.4 Å². The molecular weight excluding hydrogens is 284 g/mol. The maximum absolute atomic E-state index is 12.0. The van der Waals surface area contributed by atoms with E-state index in [0.717, 1.165) is 27.0 Å². The molecule has 0 unspecified atom stereocenters. The third-order valence-corrected chi connectivity index (χ3v) is 4.00. The molecule has 0 aromatic carbocycles. The van der Waals surface area contributed by atoms with Gasteiger partial charge in [-0.05, 0) is 38.8 Å². The quantitative estimate of drug-likeness (QED) is 0.797. The second kappa shape index (κ2) is 6.35. The number of nitrogens with zero attached hydrogens (tertiary/aromatic N) is 2. The maximum Gasteiger partial charge on any atom is 0.339 e. The summed E-state index contributed by atoms with van der Waals surface area (Å²) in [5.74, 6) is -0.171. The number of carbonyl (C=O) groups excluding carboxylic acids is 1. The van der Waals surface area contributed by atoms with Gasteiger partial charge in [-0.3, -0.25) is 0 Å². The minimum Gasteiger partial charge on any atom is -0.462 e. The van der Waals surface area contributed by atoms with Crippen LogP contribution in [0.5, 0.6) is 0 Å². The van der Waals surface area contributed by atoms with E-state index in [1.54, 1.807) is 24.3 Å². The molecule has 2 aromatic rings. The van der Waals surface area contributed by atoms with Crippen molar-refractivity contribution in [1.82, 2.24) is 9.97 Å². The van der Waals surface area contributed by atoms with E-state index in [0.29, 0.717) is 12.2 Å². The molecule has 0 aliphatic heterocycles. The highest BCUT2D eigenvalue weighted by molar-refractivity contribution is 7.11. The van der Waals surface area contributed by atoms with E-state index in [1.165, 1.54) is 0 Å². The molecule has 21 heavy (non-hydrogen) atoms. The molecule has 2 aromatic heterocycles. The Morgan fingerprint density at radius 2 is 2.00 bits per heavy atom. The van der Waals surface area contributed by atoms with Crippen molar-refractivity contribution in [2.24, 2.45) is 0 Å². The molecule has 0 aliphatic rings. The molecule has 0 atom stereocenters. The van der Waals surface area contributed by atoms with Crippen LogP contribution in [0.1, 0.15) is 52.6 Å². The van der Waals surface area contributed by atoms with Gasteiger partial charge in [0.1, 0.15) is 5.69 Å². The van der Waals surface area contributed by atoms with Gasteiger partial charge in [0.25, 0.3) is 0 Å². The highest BCUT2D eigenvalue weighted by Gasteiger charge is 2.19. The molecule has 112 valence electrons. The Hall–Kier alpha value is -1.75. The van der Waals surface area contributed by atoms with Gasteiger partial charge >= 0.3 is 5.97 Å². The summed E-state index contributed by atoms with van der Waals surface area (Å²) in [6.07, 6.45) is 0. The van der Waals surface area contributed by atoms with Gasteiger partial charge in [0.05, 0.1) is 28.6 Å². The number of aromatic nitrogens is 2. The monoisotopic (exact) mass is 304 g/mol. The zero-order chi connectivity index (χ0) is 15.6. The van der Waals surface area contributed by atoms with Crippen molar-refractivity contribution in [2.45, 2.75) is 40.5 Å².